The van der Waals surface area contributed by atoms with Gasteiger partial charge in [0, 0.05) is 31.5 Å². The summed E-state index contributed by atoms with van der Waals surface area (Å²) in [5.74, 6) is 0.812. The molecule has 0 saturated carbocycles. The van der Waals surface area contributed by atoms with Crippen molar-refractivity contribution in [2.75, 3.05) is 13.1 Å². The van der Waals surface area contributed by atoms with Gasteiger partial charge in [-0.05, 0) is 58.1 Å². The van der Waals surface area contributed by atoms with E-state index in [0.717, 1.165) is 29.3 Å². The Bertz CT molecular complexity index is 792. The average molecular weight is 341 g/mol. The Hall–Kier alpha value is -1.37. The maximum Gasteiger partial charge on any atom is 0.495 e. The molecule has 5 nitrogen and oxygen atoms in total. The van der Waals surface area contributed by atoms with Crippen LogP contribution in [0.15, 0.2) is 18.3 Å². The number of aryl methyl sites for hydroxylation is 1. The summed E-state index contributed by atoms with van der Waals surface area (Å²) in [5, 5.41) is 0. The summed E-state index contributed by atoms with van der Waals surface area (Å²) in [6.45, 7) is 16.0. The van der Waals surface area contributed by atoms with Crippen LogP contribution in [0.2, 0.25) is 0 Å². The minimum absolute atomic E-state index is 0.325. The SMILES string of the molecule is Cc1c(CN2CC(C)C2)nc2cc(B3OC(C)(C)C(C)(C)O3)ccn12. The zero-order valence-electron chi connectivity index (χ0n) is 16.2. The third-order valence-corrected chi connectivity index (χ3v) is 6.03. The highest BCUT2D eigenvalue weighted by Gasteiger charge is 2.51. The predicted octanol–water partition coefficient (Wildman–Crippen LogP) is 2.39. The maximum atomic E-state index is 6.17. The predicted molar refractivity (Wildman–Crippen MR) is 100 cm³/mol. The second-order valence-electron chi connectivity index (χ2n) is 8.72. The Kier molecular flexibility index (Phi) is 3.80. The number of nitrogens with zero attached hydrogens (tertiary/aromatic N) is 3. The van der Waals surface area contributed by atoms with Gasteiger partial charge in [0.05, 0.1) is 16.9 Å². The summed E-state index contributed by atoms with van der Waals surface area (Å²) < 4.78 is 14.5. The normalized spacial score (nSPS) is 23.4. The zero-order chi connectivity index (χ0) is 18.0. The van der Waals surface area contributed by atoms with Crippen LogP contribution < -0.4 is 5.46 Å². The molecule has 134 valence electrons. The Morgan fingerprint density at radius 3 is 2.44 bits per heavy atom. The van der Waals surface area contributed by atoms with Crippen LogP contribution in [0.25, 0.3) is 5.65 Å². The van der Waals surface area contributed by atoms with E-state index in [1.165, 1.54) is 18.8 Å². The van der Waals surface area contributed by atoms with Gasteiger partial charge in [-0.2, -0.15) is 0 Å². The molecule has 2 aliphatic rings. The molecule has 2 aliphatic heterocycles. The highest BCUT2D eigenvalue weighted by Crippen LogP contribution is 2.36. The largest absolute Gasteiger partial charge is 0.495 e. The average Bonchev–Trinajstić information content (AvgIpc) is 2.91. The van der Waals surface area contributed by atoms with Crippen LogP contribution in [0.5, 0.6) is 0 Å². The minimum atomic E-state index is -0.341. The maximum absolute atomic E-state index is 6.17. The Balaban J connectivity index is 1.60. The van der Waals surface area contributed by atoms with E-state index in [2.05, 4.69) is 69.2 Å². The molecule has 6 heteroatoms. The lowest BCUT2D eigenvalue weighted by Crippen LogP contribution is -2.44. The van der Waals surface area contributed by atoms with E-state index in [9.17, 15) is 0 Å². The van der Waals surface area contributed by atoms with Gasteiger partial charge in [-0.25, -0.2) is 4.98 Å². The first-order valence-electron chi connectivity index (χ1n) is 9.22. The van der Waals surface area contributed by atoms with Crippen LogP contribution in [0, 0.1) is 12.8 Å². The van der Waals surface area contributed by atoms with E-state index < -0.39 is 0 Å². The van der Waals surface area contributed by atoms with Crippen molar-refractivity contribution in [3.8, 4) is 0 Å². The molecule has 0 spiro atoms. The van der Waals surface area contributed by atoms with E-state index >= 15 is 0 Å². The number of imidazole rings is 1. The summed E-state index contributed by atoms with van der Waals surface area (Å²) in [5.41, 5.74) is 3.73. The number of rotatable bonds is 3. The van der Waals surface area contributed by atoms with Crippen LogP contribution in [-0.4, -0.2) is 45.7 Å². The van der Waals surface area contributed by atoms with Gasteiger partial charge in [0.1, 0.15) is 5.65 Å². The smallest absolute Gasteiger partial charge is 0.399 e. The first-order valence-corrected chi connectivity index (χ1v) is 9.22. The van der Waals surface area contributed by atoms with Crippen molar-refractivity contribution in [1.29, 1.82) is 0 Å². The van der Waals surface area contributed by atoms with Gasteiger partial charge < -0.3 is 13.7 Å². The number of pyridine rings is 1. The summed E-state index contributed by atoms with van der Waals surface area (Å²) >= 11 is 0. The lowest BCUT2D eigenvalue weighted by Gasteiger charge is -2.36. The van der Waals surface area contributed by atoms with Crippen LogP contribution in [0.4, 0.5) is 0 Å². The molecule has 0 bridgehead atoms. The zero-order valence-corrected chi connectivity index (χ0v) is 16.2. The van der Waals surface area contributed by atoms with E-state index in [-0.39, 0.29) is 18.3 Å². The molecule has 0 amide bonds. The van der Waals surface area contributed by atoms with Gasteiger partial charge in [0.15, 0.2) is 0 Å². The summed E-state index contributed by atoms with van der Waals surface area (Å²) in [6, 6.07) is 4.18. The molecule has 4 heterocycles. The second kappa shape index (κ2) is 5.56. The molecule has 0 aromatic carbocycles. The molecule has 0 unspecified atom stereocenters. The fourth-order valence-electron chi connectivity index (χ4n) is 3.68. The second-order valence-corrected chi connectivity index (χ2v) is 8.72. The van der Waals surface area contributed by atoms with Crippen molar-refractivity contribution in [2.24, 2.45) is 5.92 Å². The molecule has 0 atom stereocenters. The molecule has 0 N–H and O–H groups in total. The molecule has 25 heavy (non-hydrogen) atoms. The Labute approximate surface area is 150 Å². The van der Waals surface area contributed by atoms with E-state index in [1.54, 1.807) is 0 Å². The van der Waals surface area contributed by atoms with E-state index in [4.69, 9.17) is 14.3 Å². The third-order valence-electron chi connectivity index (χ3n) is 6.03. The van der Waals surface area contributed by atoms with Gasteiger partial charge in [-0.3, -0.25) is 4.90 Å². The number of aromatic nitrogens is 2. The van der Waals surface area contributed by atoms with Crippen molar-refractivity contribution in [3.63, 3.8) is 0 Å². The van der Waals surface area contributed by atoms with Crippen molar-refractivity contribution < 1.29 is 9.31 Å². The quantitative estimate of drug-likeness (QED) is 0.804. The topological polar surface area (TPSA) is 39.0 Å². The minimum Gasteiger partial charge on any atom is -0.399 e. The van der Waals surface area contributed by atoms with Gasteiger partial charge in [-0.15, -0.1) is 0 Å². The molecule has 2 aromatic heterocycles. The van der Waals surface area contributed by atoms with Gasteiger partial charge >= 0.3 is 7.12 Å². The Morgan fingerprint density at radius 2 is 1.84 bits per heavy atom. The number of hydrogen-bond acceptors (Lipinski definition) is 4. The molecular formula is C19H28BN3O2. The molecule has 4 rings (SSSR count). The van der Waals surface area contributed by atoms with Crippen LogP contribution in [0.1, 0.15) is 46.0 Å². The third kappa shape index (κ3) is 2.80. The molecule has 0 radical (unpaired) electrons. The first-order chi connectivity index (χ1) is 11.7. The fourth-order valence-corrected chi connectivity index (χ4v) is 3.68. The highest BCUT2D eigenvalue weighted by atomic mass is 16.7. The van der Waals surface area contributed by atoms with Gasteiger partial charge in [0.2, 0.25) is 0 Å². The van der Waals surface area contributed by atoms with Crippen molar-refractivity contribution in [1.82, 2.24) is 14.3 Å². The molecule has 2 fully saturated rings. The van der Waals surface area contributed by atoms with Gasteiger partial charge in [-0.1, -0.05) is 6.92 Å². The lowest BCUT2D eigenvalue weighted by molar-refractivity contribution is 0.00578. The van der Waals surface area contributed by atoms with Crippen molar-refractivity contribution >= 4 is 18.2 Å². The fraction of sp³-hybridized carbons (Fsp3) is 0.632. The van der Waals surface area contributed by atoms with Crippen LogP contribution >= 0.6 is 0 Å². The Morgan fingerprint density at radius 1 is 1.20 bits per heavy atom. The monoisotopic (exact) mass is 341 g/mol. The molecular weight excluding hydrogens is 313 g/mol. The van der Waals surface area contributed by atoms with Crippen LogP contribution in [0.3, 0.4) is 0 Å². The summed E-state index contributed by atoms with van der Waals surface area (Å²) in [7, 11) is -0.341. The van der Waals surface area contributed by atoms with E-state index in [1.807, 2.05) is 0 Å². The van der Waals surface area contributed by atoms with Gasteiger partial charge in [0.25, 0.3) is 0 Å². The first kappa shape index (κ1) is 17.1. The van der Waals surface area contributed by atoms with Crippen molar-refractivity contribution in [2.45, 2.75) is 59.3 Å². The molecule has 2 aromatic rings. The highest BCUT2D eigenvalue weighted by molar-refractivity contribution is 6.62. The summed E-state index contributed by atoms with van der Waals surface area (Å²) in [6.07, 6.45) is 2.08. The molecule has 2 saturated heterocycles. The number of hydrogen-bond donors (Lipinski definition) is 0. The standard InChI is InChI=1S/C19H28BN3O2/c1-13-10-22(11-13)12-16-14(2)23-8-7-15(9-17(23)21-16)20-24-18(3,4)19(5,6)25-20/h7-9,13H,10-12H2,1-6H3. The molecule has 0 aliphatic carbocycles. The van der Waals surface area contributed by atoms with E-state index in [0.29, 0.717) is 0 Å². The number of likely N-dealkylation sites (tertiary alicyclic amines) is 1. The number of fused-ring (bicyclic) bond motifs is 1. The van der Waals surface area contributed by atoms with Crippen molar-refractivity contribution in [3.05, 3.63) is 29.7 Å². The lowest BCUT2D eigenvalue weighted by atomic mass is 9.80. The summed E-state index contributed by atoms with van der Waals surface area (Å²) in [4.78, 5) is 7.33. The van der Waals surface area contributed by atoms with Crippen LogP contribution in [-0.2, 0) is 15.9 Å².